The smallest absolute Gasteiger partial charge is 0.0872 e. The fraction of sp³-hybridized carbons (Fsp3) is 0.684. The van der Waals surface area contributed by atoms with E-state index in [2.05, 4.69) is 31.2 Å². The maximum Gasteiger partial charge on any atom is 0.0872 e. The van der Waals surface area contributed by atoms with Crippen LogP contribution in [0.5, 0.6) is 0 Å². The summed E-state index contributed by atoms with van der Waals surface area (Å²) in [5.41, 5.74) is 9.17. The molecule has 3 unspecified atom stereocenters. The van der Waals surface area contributed by atoms with E-state index in [0.717, 1.165) is 18.8 Å². The molecule has 0 aromatic heterocycles. The third-order valence-electron chi connectivity index (χ3n) is 5.84. The van der Waals surface area contributed by atoms with E-state index in [4.69, 9.17) is 10.5 Å². The number of hydrogen-bond donors (Lipinski definition) is 1. The fourth-order valence-electron chi connectivity index (χ4n) is 4.16. The van der Waals surface area contributed by atoms with Gasteiger partial charge in [0.1, 0.15) is 0 Å². The minimum absolute atomic E-state index is 0.0132. The molecule has 0 amide bonds. The Kier molecular flexibility index (Phi) is 4.37. The van der Waals surface area contributed by atoms with Gasteiger partial charge in [-0.25, -0.2) is 0 Å². The van der Waals surface area contributed by atoms with Crippen LogP contribution >= 0.6 is 0 Å². The van der Waals surface area contributed by atoms with E-state index >= 15 is 0 Å². The molecule has 116 valence electrons. The first-order chi connectivity index (χ1) is 10.1. The van der Waals surface area contributed by atoms with Crippen molar-refractivity contribution in [2.75, 3.05) is 7.11 Å². The second-order valence-corrected chi connectivity index (χ2v) is 7.24. The summed E-state index contributed by atoms with van der Waals surface area (Å²) < 4.78 is 5.95. The van der Waals surface area contributed by atoms with E-state index < -0.39 is 0 Å². The van der Waals surface area contributed by atoms with Crippen molar-refractivity contribution in [2.45, 2.75) is 69.4 Å². The molecule has 0 bridgehead atoms. The van der Waals surface area contributed by atoms with Gasteiger partial charge in [0.25, 0.3) is 0 Å². The highest BCUT2D eigenvalue weighted by Crippen LogP contribution is 2.43. The molecule has 2 N–H and O–H groups in total. The Morgan fingerprint density at radius 3 is 2.38 bits per heavy atom. The summed E-state index contributed by atoms with van der Waals surface area (Å²) in [6, 6.07) is 9.03. The molecule has 2 heteroatoms. The Morgan fingerprint density at radius 2 is 1.86 bits per heavy atom. The number of methoxy groups -OCH3 is 1. The first-order valence-electron chi connectivity index (χ1n) is 8.55. The van der Waals surface area contributed by atoms with Crippen LogP contribution < -0.4 is 5.73 Å². The number of nitrogens with two attached hydrogens (primary N) is 1. The molecule has 1 aromatic rings. The largest absolute Gasteiger partial charge is 0.376 e. The van der Waals surface area contributed by atoms with Gasteiger partial charge in [-0.15, -0.1) is 0 Å². The predicted octanol–water partition coefficient (Wildman–Crippen LogP) is 4.55. The van der Waals surface area contributed by atoms with Crippen LogP contribution in [0.2, 0.25) is 0 Å². The van der Waals surface area contributed by atoms with Crippen LogP contribution in [-0.4, -0.2) is 12.7 Å². The third-order valence-corrected chi connectivity index (χ3v) is 5.84. The molecule has 2 nitrogen and oxygen atoms in total. The fourth-order valence-corrected chi connectivity index (χ4v) is 4.16. The number of ether oxygens (including phenoxy) is 1. The van der Waals surface area contributed by atoms with Gasteiger partial charge in [0.2, 0.25) is 0 Å². The third kappa shape index (κ3) is 2.89. The molecular weight excluding hydrogens is 258 g/mol. The van der Waals surface area contributed by atoms with Crippen LogP contribution in [0, 0.1) is 5.92 Å². The number of benzene rings is 1. The lowest BCUT2D eigenvalue weighted by atomic mass is 9.72. The Labute approximate surface area is 129 Å². The lowest BCUT2D eigenvalue weighted by Crippen LogP contribution is -2.46. The highest BCUT2D eigenvalue weighted by Gasteiger charge is 2.41. The summed E-state index contributed by atoms with van der Waals surface area (Å²) in [4.78, 5) is 0. The van der Waals surface area contributed by atoms with Crippen molar-refractivity contribution in [1.29, 1.82) is 0 Å². The molecule has 2 aliphatic carbocycles. The molecule has 21 heavy (non-hydrogen) atoms. The standard InChI is InChI=1S/C19H29NO/c1-14-5-4-12-19(13-14,21-2)18(20)17-10-8-16(9-11-17)15-6-3-7-15/h8-11,14-15,18H,3-7,12-13,20H2,1-2H3. The maximum absolute atomic E-state index is 6.63. The Morgan fingerprint density at radius 1 is 1.14 bits per heavy atom. The van der Waals surface area contributed by atoms with Crippen molar-refractivity contribution in [3.8, 4) is 0 Å². The van der Waals surface area contributed by atoms with Crippen LogP contribution in [0.25, 0.3) is 0 Å². The lowest BCUT2D eigenvalue weighted by Gasteiger charge is -2.43. The molecule has 0 saturated heterocycles. The van der Waals surface area contributed by atoms with E-state index in [1.807, 2.05) is 7.11 Å². The molecule has 0 radical (unpaired) electrons. The number of hydrogen-bond acceptors (Lipinski definition) is 2. The Hall–Kier alpha value is -0.860. The van der Waals surface area contributed by atoms with Gasteiger partial charge >= 0.3 is 0 Å². The van der Waals surface area contributed by atoms with Crippen LogP contribution in [0.1, 0.15) is 75.0 Å². The minimum Gasteiger partial charge on any atom is -0.376 e. The van der Waals surface area contributed by atoms with Gasteiger partial charge in [-0.3, -0.25) is 0 Å². The first-order valence-corrected chi connectivity index (χ1v) is 8.55. The Balaban J connectivity index is 1.77. The maximum atomic E-state index is 6.63. The number of rotatable bonds is 4. The van der Waals surface area contributed by atoms with E-state index in [1.54, 1.807) is 0 Å². The second-order valence-electron chi connectivity index (χ2n) is 7.24. The molecular formula is C19H29NO. The molecule has 2 fully saturated rings. The zero-order valence-electron chi connectivity index (χ0n) is 13.5. The van der Waals surface area contributed by atoms with Gasteiger partial charge < -0.3 is 10.5 Å². The average molecular weight is 287 g/mol. The minimum atomic E-state index is -0.171. The summed E-state index contributed by atoms with van der Waals surface area (Å²) in [6.45, 7) is 2.32. The van der Waals surface area contributed by atoms with Gasteiger partial charge in [-0.2, -0.15) is 0 Å². The monoisotopic (exact) mass is 287 g/mol. The molecule has 0 heterocycles. The van der Waals surface area contributed by atoms with Crippen molar-refractivity contribution in [3.63, 3.8) is 0 Å². The van der Waals surface area contributed by atoms with Crippen molar-refractivity contribution in [1.82, 2.24) is 0 Å². The van der Waals surface area contributed by atoms with E-state index in [0.29, 0.717) is 5.92 Å². The zero-order valence-corrected chi connectivity index (χ0v) is 13.5. The van der Waals surface area contributed by atoms with Gasteiger partial charge in [0.15, 0.2) is 0 Å². The molecule has 3 rings (SSSR count). The highest BCUT2D eigenvalue weighted by atomic mass is 16.5. The molecule has 0 aliphatic heterocycles. The predicted molar refractivity (Wildman–Crippen MR) is 87.3 cm³/mol. The average Bonchev–Trinajstić information content (AvgIpc) is 2.45. The van der Waals surface area contributed by atoms with E-state index in [9.17, 15) is 0 Å². The summed E-state index contributed by atoms with van der Waals surface area (Å²) in [5, 5.41) is 0. The summed E-state index contributed by atoms with van der Waals surface area (Å²) >= 11 is 0. The molecule has 2 saturated carbocycles. The van der Waals surface area contributed by atoms with Crippen molar-refractivity contribution in [2.24, 2.45) is 11.7 Å². The topological polar surface area (TPSA) is 35.2 Å². The second kappa shape index (κ2) is 6.10. The zero-order chi connectivity index (χ0) is 14.9. The molecule has 2 aliphatic rings. The molecule has 0 spiro atoms. The van der Waals surface area contributed by atoms with E-state index in [1.165, 1.54) is 43.2 Å². The van der Waals surface area contributed by atoms with Crippen molar-refractivity contribution in [3.05, 3.63) is 35.4 Å². The molecule has 1 aromatic carbocycles. The van der Waals surface area contributed by atoms with E-state index in [-0.39, 0.29) is 11.6 Å². The summed E-state index contributed by atoms with van der Waals surface area (Å²) in [7, 11) is 1.83. The van der Waals surface area contributed by atoms with Crippen LogP contribution in [0.15, 0.2) is 24.3 Å². The van der Waals surface area contributed by atoms with Crippen molar-refractivity contribution < 1.29 is 4.74 Å². The SMILES string of the molecule is COC1(C(N)c2ccc(C3CCC3)cc2)CCCC(C)C1. The van der Waals surface area contributed by atoms with Crippen molar-refractivity contribution >= 4 is 0 Å². The lowest BCUT2D eigenvalue weighted by molar-refractivity contribution is -0.0718. The van der Waals surface area contributed by atoms with Crippen LogP contribution in [-0.2, 0) is 4.74 Å². The Bertz CT molecular complexity index is 465. The van der Waals surface area contributed by atoms with Gasteiger partial charge in [0, 0.05) is 7.11 Å². The van der Waals surface area contributed by atoms with Gasteiger partial charge in [0.05, 0.1) is 11.6 Å². The normalized spacial score (nSPS) is 31.7. The van der Waals surface area contributed by atoms with Gasteiger partial charge in [-0.1, -0.05) is 50.5 Å². The molecule has 3 atom stereocenters. The first kappa shape index (κ1) is 15.1. The highest BCUT2D eigenvalue weighted by molar-refractivity contribution is 5.30. The quantitative estimate of drug-likeness (QED) is 0.881. The van der Waals surface area contributed by atoms with Crippen LogP contribution in [0.3, 0.4) is 0 Å². The van der Waals surface area contributed by atoms with Gasteiger partial charge in [-0.05, 0) is 48.6 Å². The summed E-state index contributed by atoms with van der Waals surface area (Å²) in [6.07, 6.45) is 8.78. The summed E-state index contributed by atoms with van der Waals surface area (Å²) in [5.74, 6) is 1.50. The van der Waals surface area contributed by atoms with Crippen LogP contribution in [0.4, 0.5) is 0 Å².